The first kappa shape index (κ1) is 16.1. The number of nitrogens with zero attached hydrogens (tertiary/aromatic N) is 2. The summed E-state index contributed by atoms with van der Waals surface area (Å²) in [6, 6.07) is -0.803. The summed E-state index contributed by atoms with van der Waals surface area (Å²) in [5.41, 5.74) is -0.367. The number of carboxylic acid groups (broad SMARTS) is 1. The first-order valence-corrected chi connectivity index (χ1v) is 8.02. The van der Waals surface area contributed by atoms with Crippen molar-refractivity contribution in [1.82, 2.24) is 9.80 Å². The molecule has 3 atom stereocenters. The highest BCUT2D eigenvalue weighted by molar-refractivity contribution is 5.83. The van der Waals surface area contributed by atoms with Crippen LogP contribution in [0.3, 0.4) is 0 Å². The Labute approximate surface area is 127 Å². The van der Waals surface area contributed by atoms with Crippen LogP contribution in [0.25, 0.3) is 0 Å². The highest BCUT2D eigenvalue weighted by atomic mass is 16.4. The third kappa shape index (κ3) is 3.16. The summed E-state index contributed by atoms with van der Waals surface area (Å²) in [6.07, 6.45) is 2.73. The van der Waals surface area contributed by atoms with Crippen LogP contribution in [0, 0.1) is 17.3 Å². The molecule has 5 nitrogen and oxygen atoms in total. The van der Waals surface area contributed by atoms with Gasteiger partial charge in [-0.05, 0) is 36.5 Å². The number of carbonyl (C=O) groups is 2. The molecule has 2 fully saturated rings. The number of likely N-dealkylation sites (tertiary alicyclic amines) is 2. The molecule has 0 bridgehead atoms. The van der Waals surface area contributed by atoms with Crippen molar-refractivity contribution in [3.63, 3.8) is 0 Å². The van der Waals surface area contributed by atoms with Gasteiger partial charge in [-0.15, -0.1) is 0 Å². The Kier molecular flexibility index (Phi) is 4.49. The summed E-state index contributed by atoms with van der Waals surface area (Å²) in [7, 11) is 0. The summed E-state index contributed by atoms with van der Waals surface area (Å²) < 4.78 is 0. The number of rotatable bonds is 1. The Morgan fingerprint density at radius 1 is 1.14 bits per heavy atom. The van der Waals surface area contributed by atoms with E-state index in [0.717, 1.165) is 32.4 Å². The largest absolute Gasteiger partial charge is 0.480 e. The van der Waals surface area contributed by atoms with E-state index in [1.54, 1.807) is 4.90 Å². The molecule has 21 heavy (non-hydrogen) atoms. The molecule has 0 aromatic heterocycles. The minimum absolute atomic E-state index is 0.0890. The van der Waals surface area contributed by atoms with Crippen molar-refractivity contribution in [1.29, 1.82) is 0 Å². The van der Waals surface area contributed by atoms with Gasteiger partial charge < -0.3 is 14.9 Å². The number of hydrogen-bond donors (Lipinski definition) is 1. The molecule has 2 aliphatic heterocycles. The Bertz CT molecular complexity index is 422. The highest BCUT2D eigenvalue weighted by Crippen LogP contribution is 2.36. The SMILES string of the molecule is CC1CCN(C(=O)N2CCCC(C)(C)C2C(=O)O)CC1C. The van der Waals surface area contributed by atoms with E-state index in [9.17, 15) is 14.7 Å². The van der Waals surface area contributed by atoms with Crippen molar-refractivity contribution in [2.24, 2.45) is 17.3 Å². The highest BCUT2D eigenvalue weighted by Gasteiger charge is 2.46. The molecule has 120 valence electrons. The van der Waals surface area contributed by atoms with Crippen molar-refractivity contribution in [3.8, 4) is 0 Å². The van der Waals surface area contributed by atoms with Crippen LogP contribution in [0.1, 0.15) is 47.0 Å². The van der Waals surface area contributed by atoms with Crippen LogP contribution in [-0.2, 0) is 4.79 Å². The van der Waals surface area contributed by atoms with E-state index in [4.69, 9.17) is 0 Å². The maximum atomic E-state index is 12.8. The van der Waals surface area contributed by atoms with Gasteiger partial charge in [0.25, 0.3) is 0 Å². The smallest absolute Gasteiger partial charge is 0.327 e. The Hall–Kier alpha value is -1.26. The van der Waals surface area contributed by atoms with Crippen molar-refractivity contribution in [2.45, 2.75) is 53.0 Å². The van der Waals surface area contributed by atoms with Crippen LogP contribution in [0.15, 0.2) is 0 Å². The maximum Gasteiger partial charge on any atom is 0.327 e. The van der Waals surface area contributed by atoms with Crippen molar-refractivity contribution >= 4 is 12.0 Å². The fraction of sp³-hybridized carbons (Fsp3) is 0.875. The van der Waals surface area contributed by atoms with Crippen molar-refractivity contribution < 1.29 is 14.7 Å². The molecule has 0 aromatic carbocycles. The van der Waals surface area contributed by atoms with Crippen LogP contribution >= 0.6 is 0 Å². The Balaban J connectivity index is 2.15. The second-order valence-corrected chi connectivity index (χ2v) is 7.50. The van der Waals surface area contributed by atoms with E-state index in [1.807, 2.05) is 18.7 Å². The molecule has 5 heteroatoms. The molecule has 0 radical (unpaired) electrons. The molecule has 0 aliphatic carbocycles. The van der Waals surface area contributed by atoms with Crippen molar-refractivity contribution in [3.05, 3.63) is 0 Å². The van der Waals surface area contributed by atoms with E-state index in [0.29, 0.717) is 18.4 Å². The number of hydrogen-bond acceptors (Lipinski definition) is 2. The van der Waals surface area contributed by atoms with Crippen LogP contribution < -0.4 is 0 Å². The van der Waals surface area contributed by atoms with Gasteiger partial charge in [0.2, 0.25) is 0 Å². The molecule has 2 rings (SSSR count). The van der Waals surface area contributed by atoms with E-state index in [1.165, 1.54) is 0 Å². The first-order valence-electron chi connectivity index (χ1n) is 8.02. The van der Waals surface area contributed by atoms with Gasteiger partial charge in [0.1, 0.15) is 6.04 Å². The lowest BCUT2D eigenvalue weighted by molar-refractivity contribution is -0.148. The molecule has 2 saturated heterocycles. The van der Waals surface area contributed by atoms with Gasteiger partial charge >= 0.3 is 12.0 Å². The zero-order valence-corrected chi connectivity index (χ0v) is 13.6. The van der Waals surface area contributed by atoms with Gasteiger partial charge in [0.15, 0.2) is 0 Å². The van der Waals surface area contributed by atoms with E-state index in [-0.39, 0.29) is 11.4 Å². The van der Waals surface area contributed by atoms with Gasteiger partial charge in [0.05, 0.1) is 0 Å². The Morgan fingerprint density at radius 3 is 2.38 bits per heavy atom. The second kappa shape index (κ2) is 5.85. The lowest BCUT2D eigenvalue weighted by Crippen LogP contribution is -2.60. The molecule has 2 aliphatic rings. The molecular formula is C16H28N2O3. The van der Waals surface area contributed by atoms with Crippen LogP contribution in [0.5, 0.6) is 0 Å². The second-order valence-electron chi connectivity index (χ2n) is 7.50. The summed E-state index contributed by atoms with van der Waals surface area (Å²) >= 11 is 0. The summed E-state index contributed by atoms with van der Waals surface area (Å²) in [5, 5.41) is 9.57. The first-order chi connectivity index (χ1) is 9.74. The minimum atomic E-state index is -0.883. The quantitative estimate of drug-likeness (QED) is 0.809. The average molecular weight is 296 g/mol. The lowest BCUT2D eigenvalue weighted by Gasteiger charge is -2.46. The Morgan fingerprint density at radius 2 is 1.81 bits per heavy atom. The fourth-order valence-corrected chi connectivity index (χ4v) is 3.68. The number of amides is 2. The van der Waals surface area contributed by atoms with Crippen LogP contribution in [-0.4, -0.2) is 52.6 Å². The van der Waals surface area contributed by atoms with Crippen LogP contribution in [0.2, 0.25) is 0 Å². The van der Waals surface area contributed by atoms with Crippen LogP contribution in [0.4, 0.5) is 4.79 Å². The predicted octanol–water partition coefficient (Wildman–Crippen LogP) is 2.66. The number of piperidine rings is 2. The fourth-order valence-electron chi connectivity index (χ4n) is 3.68. The lowest BCUT2D eigenvalue weighted by atomic mass is 9.76. The molecule has 2 heterocycles. The van der Waals surface area contributed by atoms with Crippen molar-refractivity contribution in [2.75, 3.05) is 19.6 Å². The predicted molar refractivity (Wildman–Crippen MR) is 81.1 cm³/mol. The maximum absolute atomic E-state index is 12.8. The van der Waals surface area contributed by atoms with Gasteiger partial charge in [-0.1, -0.05) is 27.7 Å². The molecule has 2 amide bonds. The summed E-state index contributed by atoms with van der Waals surface area (Å²) in [4.78, 5) is 27.9. The molecule has 1 N–H and O–H groups in total. The summed E-state index contributed by atoms with van der Waals surface area (Å²) in [6.45, 7) is 10.3. The number of carboxylic acids is 1. The molecular weight excluding hydrogens is 268 g/mol. The number of aliphatic carboxylic acids is 1. The topological polar surface area (TPSA) is 60.9 Å². The van der Waals surface area contributed by atoms with E-state index >= 15 is 0 Å². The van der Waals surface area contributed by atoms with E-state index < -0.39 is 12.0 Å². The minimum Gasteiger partial charge on any atom is -0.480 e. The molecule has 3 unspecified atom stereocenters. The average Bonchev–Trinajstić information content (AvgIpc) is 2.39. The summed E-state index contributed by atoms with van der Waals surface area (Å²) in [5.74, 6) is 0.220. The number of urea groups is 1. The third-order valence-corrected chi connectivity index (χ3v) is 5.36. The standard InChI is InChI=1S/C16H28N2O3/c1-11-6-9-17(10-12(11)2)15(21)18-8-5-7-16(3,4)13(18)14(19)20/h11-13H,5-10H2,1-4H3,(H,19,20). The van der Waals surface area contributed by atoms with E-state index in [2.05, 4.69) is 13.8 Å². The third-order valence-electron chi connectivity index (χ3n) is 5.36. The molecule has 0 saturated carbocycles. The van der Waals surface area contributed by atoms with Gasteiger partial charge in [0, 0.05) is 19.6 Å². The number of carbonyl (C=O) groups excluding carboxylic acids is 1. The monoisotopic (exact) mass is 296 g/mol. The van der Waals surface area contributed by atoms with Gasteiger partial charge in [-0.3, -0.25) is 0 Å². The molecule has 0 spiro atoms. The normalized spacial score (nSPS) is 32.9. The zero-order chi connectivity index (χ0) is 15.8. The molecule has 0 aromatic rings. The zero-order valence-electron chi connectivity index (χ0n) is 13.6. The van der Waals surface area contributed by atoms with Gasteiger partial charge in [-0.2, -0.15) is 0 Å². The van der Waals surface area contributed by atoms with Gasteiger partial charge in [-0.25, -0.2) is 9.59 Å².